The van der Waals surface area contributed by atoms with Crippen LogP contribution in [0.4, 0.5) is 0 Å². The Kier molecular flexibility index (Phi) is 36.9. The molecule has 3 atom stereocenters. The van der Waals surface area contributed by atoms with Crippen molar-refractivity contribution in [3.05, 3.63) is 60.8 Å². The van der Waals surface area contributed by atoms with Crippen molar-refractivity contribution >= 4 is 11.9 Å². The molecular weight excluding hydrogens is 634 g/mol. The van der Waals surface area contributed by atoms with Gasteiger partial charge in [0.1, 0.15) is 6.10 Å². The van der Waals surface area contributed by atoms with E-state index in [0.29, 0.717) is 19.3 Å². The Labute approximate surface area is 314 Å². The number of ether oxygens (including phenoxy) is 1. The van der Waals surface area contributed by atoms with E-state index < -0.39 is 18.2 Å². The molecule has 6 heteroatoms. The number of unbranched alkanes of at least 4 members (excludes halogenated alkanes) is 18. The quantitative estimate of drug-likeness (QED) is 0.0341. The number of allylic oxidation sites excluding steroid dienone is 10. The Balaban J connectivity index is 4.62. The Morgan fingerprint density at radius 2 is 1.06 bits per heavy atom. The van der Waals surface area contributed by atoms with Gasteiger partial charge in [0.2, 0.25) is 5.91 Å². The van der Waals surface area contributed by atoms with E-state index in [0.717, 1.165) is 70.6 Å². The predicted molar refractivity (Wildman–Crippen MR) is 218 cm³/mol. The van der Waals surface area contributed by atoms with Crippen LogP contribution in [0.2, 0.25) is 0 Å². The van der Waals surface area contributed by atoms with Gasteiger partial charge in [-0.1, -0.05) is 191 Å². The standard InChI is InChI=1S/C45H79NO5/c1-4-7-10-13-16-19-20-21-22-23-24-26-29-32-35-38-45(50)51-41(36-33-30-27-18-15-12-9-6-3)39-44(49)46-42(40-47)43(48)37-34-31-28-25-17-14-11-8-5-2/h7,10,13,16,19-24,41-43,47-48H,4-6,8-9,11-12,14-15,17-18,25-40H2,1-3H3,(H,46,49)/b10-7+,16-13+,20-19-,22-21-,24-23+. The van der Waals surface area contributed by atoms with Gasteiger partial charge in [-0.2, -0.15) is 0 Å². The SMILES string of the molecule is CC/C=C/C=C/C=C\C=C/C=C/CCCCCC(=O)OC(CCCCCCCCCC)CC(=O)NC(CO)C(O)CCCCCCCCCCC. The molecule has 294 valence electrons. The largest absolute Gasteiger partial charge is 0.462 e. The second kappa shape index (κ2) is 38.8. The van der Waals surface area contributed by atoms with Gasteiger partial charge in [0.25, 0.3) is 0 Å². The molecule has 0 aliphatic carbocycles. The molecule has 0 aliphatic rings. The van der Waals surface area contributed by atoms with Crippen LogP contribution in [0.3, 0.4) is 0 Å². The maximum atomic E-state index is 13.0. The zero-order chi connectivity index (χ0) is 37.5. The molecule has 0 heterocycles. The van der Waals surface area contributed by atoms with Crippen molar-refractivity contribution in [3.63, 3.8) is 0 Å². The van der Waals surface area contributed by atoms with Crippen molar-refractivity contribution in [1.82, 2.24) is 5.32 Å². The molecule has 0 fully saturated rings. The first-order valence-electron chi connectivity index (χ1n) is 21.1. The van der Waals surface area contributed by atoms with Gasteiger partial charge in [0, 0.05) is 6.42 Å². The van der Waals surface area contributed by atoms with Gasteiger partial charge in [-0.05, 0) is 44.9 Å². The van der Waals surface area contributed by atoms with E-state index in [-0.39, 0.29) is 24.9 Å². The summed E-state index contributed by atoms with van der Waals surface area (Å²) in [6.45, 7) is 6.26. The van der Waals surface area contributed by atoms with Crippen molar-refractivity contribution in [1.29, 1.82) is 0 Å². The van der Waals surface area contributed by atoms with Gasteiger partial charge in [-0.25, -0.2) is 0 Å². The van der Waals surface area contributed by atoms with Crippen LogP contribution in [0.15, 0.2) is 60.8 Å². The average Bonchev–Trinajstić information content (AvgIpc) is 3.12. The molecule has 0 aromatic carbocycles. The van der Waals surface area contributed by atoms with Gasteiger partial charge < -0.3 is 20.3 Å². The number of amides is 1. The summed E-state index contributed by atoms with van der Waals surface area (Å²) < 4.78 is 5.85. The lowest BCUT2D eigenvalue weighted by Crippen LogP contribution is -2.46. The maximum Gasteiger partial charge on any atom is 0.306 e. The molecule has 0 saturated carbocycles. The van der Waals surface area contributed by atoms with E-state index in [4.69, 9.17) is 4.74 Å². The van der Waals surface area contributed by atoms with Crippen LogP contribution >= 0.6 is 0 Å². The Morgan fingerprint density at radius 1 is 0.588 bits per heavy atom. The fourth-order valence-electron chi connectivity index (χ4n) is 6.04. The molecule has 51 heavy (non-hydrogen) atoms. The van der Waals surface area contributed by atoms with Crippen molar-refractivity contribution in [2.45, 2.75) is 206 Å². The lowest BCUT2D eigenvalue weighted by molar-refractivity contribution is -0.151. The normalized spacial score (nSPS) is 14.1. The highest BCUT2D eigenvalue weighted by molar-refractivity contribution is 5.77. The highest BCUT2D eigenvalue weighted by Crippen LogP contribution is 2.17. The molecular formula is C45H79NO5. The second-order valence-electron chi connectivity index (χ2n) is 14.1. The topological polar surface area (TPSA) is 95.9 Å². The molecule has 0 saturated heterocycles. The molecule has 3 N–H and O–H groups in total. The third-order valence-electron chi connectivity index (χ3n) is 9.24. The minimum absolute atomic E-state index is 0.0587. The molecule has 0 spiro atoms. The number of esters is 1. The van der Waals surface area contributed by atoms with Crippen LogP contribution in [0.5, 0.6) is 0 Å². The third-order valence-corrected chi connectivity index (χ3v) is 9.24. The first-order chi connectivity index (χ1) is 25.0. The number of nitrogens with one attached hydrogen (secondary N) is 1. The summed E-state index contributed by atoms with van der Waals surface area (Å²) in [5.41, 5.74) is 0. The first-order valence-corrected chi connectivity index (χ1v) is 21.1. The highest BCUT2D eigenvalue weighted by Gasteiger charge is 2.24. The van der Waals surface area contributed by atoms with Crippen molar-refractivity contribution < 1.29 is 24.5 Å². The van der Waals surface area contributed by atoms with Gasteiger partial charge in [0.05, 0.1) is 25.2 Å². The molecule has 6 nitrogen and oxygen atoms in total. The smallest absolute Gasteiger partial charge is 0.306 e. The van der Waals surface area contributed by atoms with Gasteiger partial charge >= 0.3 is 5.97 Å². The number of hydrogen-bond acceptors (Lipinski definition) is 5. The number of carbonyl (C=O) groups excluding carboxylic acids is 2. The van der Waals surface area contributed by atoms with E-state index in [9.17, 15) is 19.8 Å². The van der Waals surface area contributed by atoms with E-state index in [1.807, 2.05) is 42.5 Å². The number of rotatable bonds is 36. The fraction of sp³-hybridized carbons (Fsp3) is 0.733. The second-order valence-corrected chi connectivity index (χ2v) is 14.1. The molecule has 0 bridgehead atoms. The number of hydrogen-bond donors (Lipinski definition) is 3. The summed E-state index contributed by atoms with van der Waals surface area (Å²) in [6, 6.07) is -0.706. The number of aliphatic hydroxyl groups is 2. The van der Waals surface area contributed by atoms with Crippen molar-refractivity contribution in [2.75, 3.05) is 6.61 Å². The lowest BCUT2D eigenvalue weighted by Gasteiger charge is -2.24. The Morgan fingerprint density at radius 3 is 1.59 bits per heavy atom. The fourth-order valence-corrected chi connectivity index (χ4v) is 6.04. The molecule has 0 radical (unpaired) electrons. The van der Waals surface area contributed by atoms with Crippen LogP contribution in [0, 0.1) is 0 Å². The number of aliphatic hydroxyl groups excluding tert-OH is 2. The van der Waals surface area contributed by atoms with E-state index >= 15 is 0 Å². The van der Waals surface area contributed by atoms with Gasteiger partial charge in [0.15, 0.2) is 0 Å². The molecule has 0 aromatic rings. The summed E-state index contributed by atoms with van der Waals surface area (Å²) in [7, 11) is 0. The molecule has 3 unspecified atom stereocenters. The van der Waals surface area contributed by atoms with Gasteiger partial charge in [-0.15, -0.1) is 0 Å². The first kappa shape index (κ1) is 48.6. The molecule has 0 rings (SSSR count). The molecule has 0 aromatic heterocycles. The van der Waals surface area contributed by atoms with Crippen LogP contribution in [0.1, 0.15) is 188 Å². The maximum absolute atomic E-state index is 13.0. The number of carbonyl (C=O) groups is 2. The van der Waals surface area contributed by atoms with Crippen molar-refractivity contribution in [3.8, 4) is 0 Å². The van der Waals surface area contributed by atoms with E-state index in [1.54, 1.807) is 0 Å². The van der Waals surface area contributed by atoms with Crippen LogP contribution in [-0.2, 0) is 14.3 Å². The minimum atomic E-state index is -0.791. The summed E-state index contributed by atoms with van der Waals surface area (Å²) >= 11 is 0. The van der Waals surface area contributed by atoms with Crippen LogP contribution in [0.25, 0.3) is 0 Å². The molecule has 1 amide bonds. The summed E-state index contributed by atoms with van der Waals surface area (Å²) in [5.74, 6) is -0.532. The van der Waals surface area contributed by atoms with Gasteiger partial charge in [-0.3, -0.25) is 9.59 Å². The summed E-state index contributed by atoms with van der Waals surface area (Å²) in [4.78, 5) is 25.8. The van der Waals surface area contributed by atoms with E-state index in [1.165, 1.54) is 70.6 Å². The summed E-state index contributed by atoms with van der Waals surface area (Å²) in [6.07, 6.45) is 45.7. The lowest BCUT2D eigenvalue weighted by atomic mass is 10.0. The zero-order valence-corrected chi connectivity index (χ0v) is 33.2. The van der Waals surface area contributed by atoms with Crippen LogP contribution in [-0.4, -0.2) is 46.9 Å². The van der Waals surface area contributed by atoms with Crippen LogP contribution < -0.4 is 5.32 Å². The zero-order valence-electron chi connectivity index (χ0n) is 33.2. The Hall–Kier alpha value is -2.44. The minimum Gasteiger partial charge on any atom is -0.462 e. The Bertz CT molecular complexity index is 937. The summed E-state index contributed by atoms with van der Waals surface area (Å²) in [5, 5.41) is 23.5. The van der Waals surface area contributed by atoms with Crippen molar-refractivity contribution in [2.24, 2.45) is 0 Å². The van der Waals surface area contributed by atoms with E-state index in [2.05, 4.69) is 44.3 Å². The highest BCUT2D eigenvalue weighted by atomic mass is 16.5. The monoisotopic (exact) mass is 714 g/mol. The predicted octanol–water partition coefficient (Wildman–Crippen LogP) is 11.7. The molecule has 0 aliphatic heterocycles. The third kappa shape index (κ3) is 34.4. The average molecular weight is 714 g/mol.